The molecule has 1 amide bonds. The summed E-state index contributed by atoms with van der Waals surface area (Å²) < 4.78 is 0.798. The molecule has 1 aliphatic heterocycles. The highest BCUT2D eigenvalue weighted by molar-refractivity contribution is 9.10. The Labute approximate surface area is 119 Å². The van der Waals surface area contributed by atoms with E-state index in [1.54, 1.807) is 6.07 Å². The Morgan fingerprint density at radius 2 is 2.21 bits per heavy atom. The lowest BCUT2D eigenvalue weighted by Crippen LogP contribution is -2.24. The molecule has 5 nitrogen and oxygen atoms in total. The molecule has 1 saturated heterocycles. The van der Waals surface area contributed by atoms with Gasteiger partial charge in [-0.05, 0) is 30.5 Å². The number of carbonyl (C=O) groups is 2. The van der Waals surface area contributed by atoms with E-state index >= 15 is 0 Å². The normalized spacial score (nSPS) is 18.6. The highest BCUT2D eigenvalue weighted by Gasteiger charge is 2.26. The van der Waals surface area contributed by atoms with Crippen LogP contribution in [-0.4, -0.2) is 30.1 Å². The monoisotopic (exact) mass is 326 g/mol. The maximum absolute atomic E-state index is 11.5. The first kappa shape index (κ1) is 13.9. The van der Waals surface area contributed by atoms with Crippen LogP contribution in [0.25, 0.3) is 0 Å². The van der Waals surface area contributed by atoms with Gasteiger partial charge >= 0.3 is 5.97 Å². The second-order valence-corrected chi connectivity index (χ2v) is 5.64. The number of nitrogens with zero attached hydrogens (tertiary/aromatic N) is 1. The lowest BCUT2D eigenvalue weighted by atomic mass is 10.1. The Bertz CT molecular complexity index is 519. The van der Waals surface area contributed by atoms with Gasteiger partial charge in [0.05, 0.1) is 5.56 Å². The zero-order chi connectivity index (χ0) is 14.0. The molecule has 0 saturated carbocycles. The highest BCUT2D eigenvalue weighted by atomic mass is 79.9. The van der Waals surface area contributed by atoms with Gasteiger partial charge in [0.25, 0.3) is 5.91 Å². The van der Waals surface area contributed by atoms with Crippen LogP contribution in [0.5, 0.6) is 0 Å². The molecule has 6 heteroatoms. The van der Waals surface area contributed by atoms with Gasteiger partial charge in [0.2, 0.25) is 0 Å². The smallest absolute Gasteiger partial charge is 0.303 e. The van der Waals surface area contributed by atoms with Crippen LogP contribution in [0.1, 0.15) is 23.2 Å². The van der Waals surface area contributed by atoms with Crippen LogP contribution in [0.3, 0.4) is 0 Å². The van der Waals surface area contributed by atoms with Gasteiger partial charge in [-0.3, -0.25) is 9.59 Å². The molecule has 1 fully saturated rings. The van der Waals surface area contributed by atoms with Crippen LogP contribution < -0.4 is 10.6 Å². The third-order valence-corrected chi connectivity index (χ3v) is 3.81. The van der Waals surface area contributed by atoms with E-state index in [2.05, 4.69) is 15.9 Å². The summed E-state index contributed by atoms with van der Waals surface area (Å²) in [6.45, 7) is 1.40. The van der Waals surface area contributed by atoms with E-state index in [4.69, 9.17) is 10.8 Å². The quantitative estimate of drug-likeness (QED) is 0.884. The first-order valence-corrected chi connectivity index (χ1v) is 6.82. The molecule has 1 atom stereocenters. The van der Waals surface area contributed by atoms with Crippen LogP contribution in [0.15, 0.2) is 22.7 Å². The summed E-state index contributed by atoms with van der Waals surface area (Å²) in [4.78, 5) is 24.2. The Hall–Kier alpha value is -1.56. The lowest BCUT2D eigenvalue weighted by Gasteiger charge is -2.21. The van der Waals surface area contributed by atoms with Crippen LogP contribution in [-0.2, 0) is 4.79 Å². The summed E-state index contributed by atoms with van der Waals surface area (Å²) in [7, 11) is 0. The summed E-state index contributed by atoms with van der Waals surface area (Å²) in [5.74, 6) is -1.13. The van der Waals surface area contributed by atoms with Gasteiger partial charge < -0.3 is 15.7 Å². The third-order valence-electron chi connectivity index (χ3n) is 3.31. The number of hydrogen-bond donors (Lipinski definition) is 2. The molecule has 0 aliphatic carbocycles. The standard InChI is InChI=1S/C13H15BrN2O3/c14-9-1-2-11(10(6-9)13(15)19)16-4-3-8(7-16)5-12(17)18/h1-2,6,8H,3-5,7H2,(H2,15,19)(H,17,18). The number of carboxylic acids is 1. The van der Waals surface area contributed by atoms with Crippen molar-refractivity contribution in [1.29, 1.82) is 0 Å². The molecule has 1 heterocycles. The van der Waals surface area contributed by atoms with E-state index in [1.807, 2.05) is 17.0 Å². The Balaban J connectivity index is 2.19. The van der Waals surface area contributed by atoms with Crippen molar-refractivity contribution in [1.82, 2.24) is 0 Å². The van der Waals surface area contributed by atoms with E-state index < -0.39 is 11.9 Å². The van der Waals surface area contributed by atoms with Gasteiger partial charge in [-0.1, -0.05) is 15.9 Å². The van der Waals surface area contributed by atoms with Crippen LogP contribution in [0, 0.1) is 5.92 Å². The Morgan fingerprint density at radius 1 is 1.47 bits per heavy atom. The van der Waals surface area contributed by atoms with E-state index in [0.717, 1.165) is 23.1 Å². The minimum Gasteiger partial charge on any atom is -0.481 e. The first-order valence-electron chi connectivity index (χ1n) is 6.03. The summed E-state index contributed by atoms with van der Waals surface area (Å²) >= 11 is 3.31. The van der Waals surface area contributed by atoms with Crippen molar-refractivity contribution in [3.05, 3.63) is 28.2 Å². The number of aliphatic carboxylic acids is 1. The average molecular weight is 327 g/mol. The van der Waals surface area contributed by atoms with Crippen molar-refractivity contribution >= 4 is 33.5 Å². The fraction of sp³-hybridized carbons (Fsp3) is 0.385. The predicted molar refractivity (Wildman–Crippen MR) is 75.2 cm³/mol. The van der Waals surface area contributed by atoms with Gasteiger partial charge in [0, 0.05) is 29.7 Å². The second kappa shape index (κ2) is 5.61. The average Bonchev–Trinajstić information content (AvgIpc) is 2.76. The molecule has 1 unspecified atom stereocenters. The fourth-order valence-corrected chi connectivity index (χ4v) is 2.81. The van der Waals surface area contributed by atoms with Gasteiger partial charge in [-0.15, -0.1) is 0 Å². The summed E-state index contributed by atoms with van der Waals surface area (Å²) in [6, 6.07) is 5.39. The van der Waals surface area contributed by atoms with Crippen molar-refractivity contribution in [2.24, 2.45) is 11.7 Å². The van der Waals surface area contributed by atoms with Crippen molar-refractivity contribution in [2.45, 2.75) is 12.8 Å². The van der Waals surface area contributed by atoms with Crippen molar-refractivity contribution in [3.8, 4) is 0 Å². The molecular formula is C13H15BrN2O3. The molecule has 3 N–H and O–H groups in total. The SMILES string of the molecule is NC(=O)c1cc(Br)ccc1N1CCC(CC(=O)O)C1. The zero-order valence-corrected chi connectivity index (χ0v) is 11.9. The van der Waals surface area contributed by atoms with Crippen molar-refractivity contribution in [2.75, 3.05) is 18.0 Å². The van der Waals surface area contributed by atoms with Gasteiger partial charge in [-0.2, -0.15) is 0 Å². The van der Waals surface area contributed by atoms with Crippen LogP contribution in [0.4, 0.5) is 5.69 Å². The number of hydrogen-bond acceptors (Lipinski definition) is 3. The topological polar surface area (TPSA) is 83.6 Å². The van der Waals surface area contributed by atoms with Crippen molar-refractivity contribution < 1.29 is 14.7 Å². The summed E-state index contributed by atoms with van der Waals surface area (Å²) in [6.07, 6.45) is 0.986. The molecule has 102 valence electrons. The number of carbonyl (C=O) groups excluding carboxylic acids is 1. The molecule has 1 aromatic rings. The molecule has 1 aliphatic rings. The number of carboxylic acid groups (broad SMARTS) is 1. The fourth-order valence-electron chi connectivity index (χ4n) is 2.45. The number of nitrogens with two attached hydrogens (primary N) is 1. The number of rotatable bonds is 4. The second-order valence-electron chi connectivity index (χ2n) is 4.72. The number of primary amides is 1. The molecular weight excluding hydrogens is 312 g/mol. The maximum Gasteiger partial charge on any atom is 0.303 e. The van der Waals surface area contributed by atoms with Gasteiger partial charge in [0.15, 0.2) is 0 Å². The predicted octanol–water partition coefficient (Wildman–Crippen LogP) is 1.85. The minimum atomic E-state index is -0.780. The molecule has 0 aromatic heterocycles. The zero-order valence-electron chi connectivity index (χ0n) is 10.3. The summed E-state index contributed by atoms with van der Waals surface area (Å²) in [5, 5.41) is 8.81. The number of anilines is 1. The van der Waals surface area contributed by atoms with Gasteiger partial charge in [-0.25, -0.2) is 0 Å². The molecule has 0 spiro atoms. The van der Waals surface area contributed by atoms with Gasteiger partial charge in [0.1, 0.15) is 0 Å². The van der Waals surface area contributed by atoms with Crippen LogP contribution >= 0.6 is 15.9 Å². The van der Waals surface area contributed by atoms with E-state index in [9.17, 15) is 9.59 Å². The molecule has 0 radical (unpaired) electrons. The molecule has 2 rings (SSSR count). The summed E-state index contributed by atoms with van der Waals surface area (Å²) in [5.41, 5.74) is 6.63. The molecule has 1 aromatic carbocycles. The lowest BCUT2D eigenvalue weighted by molar-refractivity contribution is -0.137. The number of benzene rings is 1. The number of halogens is 1. The Morgan fingerprint density at radius 3 is 2.84 bits per heavy atom. The van der Waals surface area contributed by atoms with E-state index in [0.29, 0.717) is 12.1 Å². The molecule has 19 heavy (non-hydrogen) atoms. The largest absolute Gasteiger partial charge is 0.481 e. The minimum absolute atomic E-state index is 0.127. The third kappa shape index (κ3) is 3.26. The van der Waals surface area contributed by atoms with E-state index in [1.165, 1.54) is 0 Å². The maximum atomic E-state index is 11.5. The number of amides is 1. The Kier molecular flexibility index (Phi) is 4.09. The highest BCUT2D eigenvalue weighted by Crippen LogP contribution is 2.30. The van der Waals surface area contributed by atoms with E-state index in [-0.39, 0.29) is 12.3 Å². The molecule has 0 bridgehead atoms. The first-order chi connectivity index (χ1) is 8.97. The van der Waals surface area contributed by atoms with Crippen molar-refractivity contribution in [3.63, 3.8) is 0 Å². The van der Waals surface area contributed by atoms with Crippen LogP contribution in [0.2, 0.25) is 0 Å².